The van der Waals surface area contributed by atoms with Gasteiger partial charge in [0.1, 0.15) is 6.61 Å². The zero-order valence-corrected chi connectivity index (χ0v) is 13.4. The van der Waals surface area contributed by atoms with E-state index in [1.807, 2.05) is 0 Å². The number of morpholine rings is 1. The van der Waals surface area contributed by atoms with Crippen LogP contribution in [-0.2, 0) is 23.9 Å². The Morgan fingerprint density at radius 1 is 1.15 bits per heavy atom. The summed E-state index contributed by atoms with van der Waals surface area (Å²) in [5, 5.41) is 3.84. The number of halogens is 2. The lowest BCUT2D eigenvalue weighted by molar-refractivity contribution is -0.138. The molecule has 140 valence electrons. The highest BCUT2D eigenvalue weighted by Crippen LogP contribution is 2.19. The minimum absolute atomic E-state index is 0.0252. The second-order valence-electron chi connectivity index (χ2n) is 5.28. The van der Waals surface area contributed by atoms with Gasteiger partial charge in [-0.1, -0.05) is 0 Å². The van der Waals surface area contributed by atoms with Gasteiger partial charge in [-0.3, -0.25) is 19.2 Å². The van der Waals surface area contributed by atoms with Gasteiger partial charge in [0.15, 0.2) is 6.04 Å². The molecule has 1 aliphatic heterocycles. The van der Waals surface area contributed by atoms with Gasteiger partial charge < -0.3 is 26.0 Å². The van der Waals surface area contributed by atoms with Crippen molar-refractivity contribution in [3.8, 4) is 0 Å². The number of hydrogen-bond donors (Lipinski definition) is 3. The Hall–Kier alpha value is -3.08. The highest BCUT2D eigenvalue weighted by Gasteiger charge is 2.29. The number of nitrogens with one attached hydrogen (secondary N) is 2. The lowest BCUT2D eigenvalue weighted by Crippen LogP contribution is -2.53. The summed E-state index contributed by atoms with van der Waals surface area (Å²) in [5.41, 5.74) is 5.76. The number of nitrogens with two attached hydrogens (primary N) is 1. The molecule has 2 rings (SSSR count). The van der Waals surface area contributed by atoms with Crippen LogP contribution in [0.5, 0.6) is 0 Å². The quantitative estimate of drug-likeness (QED) is 0.566. The maximum atomic E-state index is 12.3. The molecule has 0 aliphatic carbocycles. The van der Waals surface area contributed by atoms with Crippen molar-refractivity contribution in [3.05, 3.63) is 24.3 Å². The zero-order valence-electron chi connectivity index (χ0n) is 13.4. The van der Waals surface area contributed by atoms with Gasteiger partial charge in [0.25, 0.3) is 17.7 Å². The normalized spacial score (nSPS) is 15.5. The smallest absolute Gasteiger partial charge is 0.315 e. The van der Waals surface area contributed by atoms with E-state index in [4.69, 9.17) is 10.5 Å². The number of hydrogen-bond acceptors (Lipinski definition) is 5. The first-order chi connectivity index (χ1) is 12.3. The first-order valence-electron chi connectivity index (χ1n) is 7.46. The third-order valence-electron chi connectivity index (χ3n) is 3.46. The van der Waals surface area contributed by atoms with Crippen molar-refractivity contribution in [2.45, 2.75) is 12.5 Å². The number of ether oxygens (including phenoxy) is 1. The van der Waals surface area contributed by atoms with E-state index >= 15 is 0 Å². The zero-order chi connectivity index (χ0) is 19.3. The molecule has 1 fully saturated rings. The summed E-state index contributed by atoms with van der Waals surface area (Å²) in [4.78, 5) is 47.5. The van der Waals surface area contributed by atoms with Crippen molar-refractivity contribution < 1.29 is 32.7 Å². The van der Waals surface area contributed by atoms with Crippen molar-refractivity contribution in [1.82, 2.24) is 5.32 Å². The third-order valence-corrected chi connectivity index (χ3v) is 3.46. The number of nitrogens with zero attached hydrogens (tertiary/aromatic N) is 1. The van der Waals surface area contributed by atoms with Gasteiger partial charge in [-0.15, -0.1) is 0 Å². The van der Waals surface area contributed by atoms with Crippen molar-refractivity contribution in [2.75, 3.05) is 30.0 Å². The molecule has 1 aromatic carbocycles. The molecule has 0 radical (unpaired) electrons. The van der Waals surface area contributed by atoms with E-state index in [2.05, 4.69) is 5.32 Å². The summed E-state index contributed by atoms with van der Waals surface area (Å²) >= 11 is 0. The van der Waals surface area contributed by atoms with Gasteiger partial charge in [0.05, 0.1) is 6.61 Å². The fraction of sp³-hybridized carbons (Fsp3) is 0.333. The molecule has 4 N–H and O–H groups in total. The van der Waals surface area contributed by atoms with Crippen molar-refractivity contribution in [1.29, 1.82) is 0 Å². The lowest BCUT2D eigenvalue weighted by atomic mass is 10.2. The molecule has 1 aliphatic rings. The largest absolute Gasteiger partial charge is 0.370 e. The minimum atomic E-state index is -3.39. The van der Waals surface area contributed by atoms with Gasteiger partial charge in [-0.25, -0.2) is 0 Å². The van der Waals surface area contributed by atoms with Gasteiger partial charge in [0.2, 0.25) is 5.91 Å². The van der Waals surface area contributed by atoms with Crippen LogP contribution in [0.1, 0.15) is 0 Å². The minimum Gasteiger partial charge on any atom is -0.370 e. The molecule has 1 heterocycles. The number of alkyl halides is 2. The number of rotatable bonds is 6. The number of carbonyl (C=O) groups is 4. The number of primary amides is 1. The van der Waals surface area contributed by atoms with Crippen LogP contribution in [0, 0.1) is 0 Å². The van der Waals surface area contributed by atoms with Crippen molar-refractivity contribution >= 4 is 35.0 Å². The topological polar surface area (TPSA) is 131 Å². The van der Waals surface area contributed by atoms with Crippen LogP contribution >= 0.6 is 0 Å². The number of anilines is 2. The molecule has 0 aromatic heterocycles. The number of carbonyl (C=O) groups excluding carboxylic acids is 4. The Morgan fingerprint density at radius 2 is 1.81 bits per heavy atom. The second-order valence-corrected chi connectivity index (χ2v) is 5.28. The predicted octanol–water partition coefficient (Wildman–Crippen LogP) is -0.777. The predicted molar refractivity (Wildman–Crippen MR) is 85.4 cm³/mol. The Kier molecular flexibility index (Phi) is 6.17. The summed E-state index contributed by atoms with van der Waals surface area (Å²) < 4.78 is 29.5. The maximum absolute atomic E-state index is 12.3. The van der Waals surface area contributed by atoms with Gasteiger partial charge in [0, 0.05) is 17.9 Å². The number of benzene rings is 1. The van der Waals surface area contributed by atoms with Crippen LogP contribution in [-0.4, -0.2) is 55.9 Å². The van der Waals surface area contributed by atoms with Crippen LogP contribution in [0.4, 0.5) is 20.2 Å². The van der Waals surface area contributed by atoms with E-state index in [0.717, 1.165) is 0 Å². The Labute approximate surface area is 146 Å². The summed E-state index contributed by atoms with van der Waals surface area (Å²) in [7, 11) is 0. The second kappa shape index (κ2) is 8.34. The third kappa shape index (κ3) is 4.72. The molecule has 1 saturated heterocycles. The Balaban J connectivity index is 2.04. The van der Waals surface area contributed by atoms with E-state index in [1.165, 1.54) is 17.0 Å². The summed E-state index contributed by atoms with van der Waals surface area (Å²) in [6, 6.07) is 4.05. The van der Waals surface area contributed by atoms with Crippen LogP contribution in [0.2, 0.25) is 0 Å². The molecule has 1 aromatic rings. The van der Waals surface area contributed by atoms with E-state index < -0.39 is 30.2 Å². The van der Waals surface area contributed by atoms with Crippen molar-refractivity contribution in [2.24, 2.45) is 5.73 Å². The van der Waals surface area contributed by atoms with Crippen LogP contribution in [0.15, 0.2) is 24.3 Å². The van der Waals surface area contributed by atoms with E-state index in [9.17, 15) is 28.0 Å². The van der Waals surface area contributed by atoms with Crippen LogP contribution < -0.4 is 21.3 Å². The standard InChI is InChI=1S/C15H16F2N4O5/c16-12(17)15(25)20-11(13(18)23)14(24)19-8-1-3-9(4-2-8)21-5-6-26-7-10(21)22/h1-4,11-12H,5-7H2,(H2,18,23)(H,19,24)(H,20,25)/t11-/m1/s1. The lowest BCUT2D eigenvalue weighted by Gasteiger charge is -2.27. The maximum Gasteiger partial charge on any atom is 0.315 e. The fourth-order valence-electron chi connectivity index (χ4n) is 2.20. The highest BCUT2D eigenvalue weighted by molar-refractivity contribution is 6.11. The van der Waals surface area contributed by atoms with Crippen LogP contribution in [0.25, 0.3) is 0 Å². The molecule has 0 unspecified atom stereocenters. The monoisotopic (exact) mass is 370 g/mol. The SMILES string of the molecule is NC(=O)[C@@H](NC(=O)C(F)F)C(=O)Nc1ccc(N2CCOCC2=O)cc1. The first kappa shape index (κ1) is 19.2. The molecule has 0 saturated carbocycles. The average molecular weight is 370 g/mol. The Bertz CT molecular complexity index is 710. The van der Waals surface area contributed by atoms with Gasteiger partial charge in [-0.2, -0.15) is 8.78 Å². The molecular formula is C15H16F2N4O5. The number of amides is 4. The molecule has 4 amide bonds. The first-order valence-corrected chi connectivity index (χ1v) is 7.46. The van der Waals surface area contributed by atoms with E-state index in [1.54, 1.807) is 17.4 Å². The summed E-state index contributed by atoms with van der Waals surface area (Å²) in [6.07, 6.45) is -3.39. The van der Waals surface area contributed by atoms with E-state index in [0.29, 0.717) is 18.8 Å². The fourth-order valence-corrected chi connectivity index (χ4v) is 2.20. The average Bonchev–Trinajstić information content (AvgIpc) is 2.60. The summed E-state index contributed by atoms with van der Waals surface area (Å²) in [5.74, 6) is -4.35. The Morgan fingerprint density at radius 3 is 2.35 bits per heavy atom. The molecule has 26 heavy (non-hydrogen) atoms. The van der Waals surface area contributed by atoms with E-state index in [-0.39, 0.29) is 18.2 Å². The molecule has 0 bridgehead atoms. The molecule has 1 atom stereocenters. The van der Waals surface area contributed by atoms with Gasteiger partial charge in [-0.05, 0) is 24.3 Å². The van der Waals surface area contributed by atoms with Crippen LogP contribution in [0.3, 0.4) is 0 Å². The summed E-state index contributed by atoms with van der Waals surface area (Å²) in [6.45, 7) is 0.755. The molecule has 11 heteroatoms. The highest BCUT2D eigenvalue weighted by atomic mass is 19.3. The van der Waals surface area contributed by atoms with Crippen molar-refractivity contribution in [3.63, 3.8) is 0 Å². The van der Waals surface area contributed by atoms with Gasteiger partial charge >= 0.3 is 6.43 Å². The molecular weight excluding hydrogens is 354 g/mol. The molecule has 9 nitrogen and oxygen atoms in total. The molecule has 0 spiro atoms.